The highest BCUT2D eigenvalue weighted by molar-refractivity contribution is 7.19. The lowest BCUT2D eigenvalue weighted by Crippen LogP contribution is -2.09. The second-order valence-corrected chi connectivity index (χ2v) is 5.40. The van der Waals surface area contributed by atoms with Gasteiger partial charge in [0.1, 0.15) is 10.0 Å². The molecule has 2 aromatic rings. The van der Waals surface area contributed by atoms with Gasteiger partial charge in [-0.05, 0) is 31.4 Å². The molecule has 0 saturated heterocycles. The molecule has 19 heavy (non-hydrogen) atoms. The Hall–Kier alpha value is -0.970. The standard InChI is InChI=1S/C13H15N3S.2ClH/c1-8-4-5-9(7-10(8)14)12-16-11-3-2-6-15-13(11)17-12;;/h4-5,7,15H,2-3,6,14H2,1H3;2*1H. The molecule has 0 fully saturated rings. The number of nitrogen functional groups attached to an aromatic ring is 1. The zero-order valence-corrected chi connectivity index (χ0v) is 13.1. The third kappa shape index (κ3) is 3.14. The zero-order valence-electron chi connectivity index (χ0n) is 10.6. The Morgan fingerprint density at radius 2 is 2.11 bits per heavy atom. The van der Waals surface area contributed by atoms with Crippen molar-refractivity contribution >= 4 is 46.8 Å². The topological polar surface area (TPSA) is 50.9 Å². The van der Waals surface area contributed by atoms with Gasteiger partial charge in [0.05, 0.1) is 5.69 Å². The molecule has 1 aliphatic heterocycles. The molecular formula is C13H17Cl2N3S. The predicted octanol–water partition coefficient (Wildman–Crippen LogP) is 3.90. The van der Waals surface area contributed by atoms with Crippen LogP contribution in [0.25, 0.3) is 10.6 Å². The van der Waals surface area contributed by atoms with Crippen molar-refractivity contribution in [2.24, 2.45) is 0 Å². The van der Waals surface area contributed by atoms with E-state index in [1.54, 1.807) is 11.3 Å². The van der Waals surface area contributed by atoms with Crippen molar-refractivity contribution < 1.29 is 0 Å². The van der Waals surface area contributed by atoms with Crippen LogP contribution in [0.3, 0.4) is 0 Å². The molecule has 3 nitrogen and oxygen atoms in total. The number of hydrogen-bond acceptors (Lipinski definition) is 4. The fraction of sp³-hybridized carbons (Fsp3) is 0.308. The molecule has 104 valence electrons. The van der Waals surface area contributed by atoms with Crippen LogP contribution in [0.4, 0.5) is 10.7 Å². The van der Waals surface area contributed by atoms with Crippen molar-refractivity contribution in [3.8, 4) is 10.6 Å². The van der Waals surface area contributed by atoms with Crippen LogP contribution in [0.2, 0.25) is 0 Å². The quantitative estimate of drug-likeness (QED) is 0.784. The van der Waals surface area contributed by atoms with Crippen LogP contribution in [0.15, 0.2) is 18.2 Å². The maximum absolute atomic E-state index is 5.94. The molecule has 3 N–H and O–H groups in total. The van der Waals surface area contributed by atoms with Gasteiger partial charge >= 0.3 is 0 Å². The van der Waals surface area contributed by atoms with Gasteiger partial charge in [-0.2, -0.15) is 0 Å². The molecule has 1 aliphatic rings. The Labute approximate surface area is 129 Å². The summed E-state index contributed by atoms with van der Waals surface area (Å²) in [6, 6.07) is 6.16. The molecular weight excluding hydrogens is 301 g/mol. The number of halogens is 2. The molecule has 0 bridgehead atoms. The van der Waals surface area contributed by atoms with Gasteiger partial charge in [0.2, 0.25) is 0 Å². The third-order valence-corrected chi connectivity index (χ3v) is 4.20. The van der Waals surface area contributed by atoms with Crippen molar-refractivity contribution in [3.63, 3.8) is 0 Å². The monoisotopic (exact) mass is 317 g/mol. The van der Waals surface area contributed by atoms with E-state index in [9.17, 15) is 0 Å². The number of fused-ring (bicyclic) bond motifs is 1. The Kier molecular flexibility index (Phi) is 5.47. The first kappa shape index (κ1) is 16.1. The number of thiazole rings is 1. The highest BCUT2D eigenvalue weighted by atomic mass is 35.5. The van der Waals surface area contributed by atoms with Gasteiger partial charge in [0.15, 0.2) is 0 Å². The van der Waals surface area contributed by atoms with E-state index in [1.165, 1.54) is 17.1 Å². The number of benzene rings is 1. The molecule has 1 aromatic heterocycles. The average Bonchev–Trinajstić information content (AvgIpc) is 2.76. The smallest absolute Gasteiger partial charge is 0.125 e. The maximum atomic E-state index is 5.94. The van der Waals surface area contributed by atoms with Crippen LogP contribution in [0, 0.1) is 6.92 Å². The molecule has 0 radical (unpaired) electrons. The van der Waals surface area contributed by atoms with Gasteiger partial charge in [0, 0.05) is 17.8 Å². The fourth-order valence-electron chi connectivity index (χ4n) is 2.01. The van der Waals surface area contributed by atoms with Crippen molar-refractivity contribution in [2.45, 2.75) is 19.8 Å². The number of aromatic nitrogens is 1. The molecule has 0 amide bonds. The lowest BCUT2D eigenvalue weighted by Gasteiger charge is -2.10. The predicted molar refractivity (Wildman–Crippen MR) is 88.0 cm³/mol. The van der Waals surface area contributed by atoms with E-state index in [0.29, 0.717) is 0 Å². The first-order valence-electron chi connectivity index (χ1n) is 5.84. The summed E-state index contributed by atoms with van der Waals surface area (Å²) in [5, 5.41) is 5.70. The second kappa shape index (κ2) is 6.46. The number of nitrogens with two attached hydrogens (primary N) is 1. The molecule has 1 aromatic carbocycles. The van der Waals surface area contributed by atoms with E-state index >= 15 is 0 Å². The molecule has 2 heterocycles. The highest BCUT2D eigenvalue weighted by Gasteiger charge is 2.15. The summed E-state index contributed by atoms with van der Waals surface area (Å²) >= 11 is 1.73. The molecule has 0 atom stereocenters. The van der Waals surface area contributed by atoms with Gasteiger partial charge in [0.25, 0.3) is 0 Å². The van der Waals surface area contributed by atoms with Gasteiger partial charge in [-0.25, -0.2) is 4.98 Å². The number of aryl methyl sites for hydroxylation is 2. The summed E-state index contributed by atoms with van der Waals surface area (Å²) in [7, 11) is 0. The summed E-state index contributed by atoms with van der Waals surface area (Å²) in [5.74, 6) is 0. The zero-order chi connectivity index (χ0) is 11.8. The first-order chi connectivity index (χ1) is 8.24. The molecule has 0 unspecified atom stereocenters. The highest BCUT2D eigenvalue weighted by Crippen LogP contribution is 2.35. The summed E-state index contributed by atoms with van der Waals surface area (Å²) in [4.78, 5) is 4.69. The second-order valence-electron chi connectivity index (χ2n) is 4.40. The lowest BCUT2D eigenvalue weighted by atomic mass is 10.1. The number of rotatable bonds is 1. The number of nitrogens with zero attached hydrogens (tertiary/aromatic N) is 1. The fourth-order valence-corrected chi connectivity index (χ4v) is 3.05. The van der Waals surface area contributed by atoms with Crippen LogP contribution in [0.1, 0.15) is 17.7 Å². The SMILES string of the molecule is Cc1ccc(-c2nc3c(s2)NCCC3)cc1N.Cl.Cl. The maximum Gasteiger partial charge on any atom is 0.125 e. The molecule has 0 spiro atoms. The lowest BCUT2D eigenvalue weighted by molar-refractivity contribution is 0.814. The van der Waals surface area contributed by atoms with E-state index in [4.69, 9.17) is 10.7 Å². The minimum absolute atomic E-state index is 0. The van der Waals surface area contributed by atoms with Crippen LogP contribution in [0.5, 0.6) is 0 Å². The van der Waals surface area contributed by atoms with E-state index in [-0.39, 0.29) is 24.8 Å². The molecule has 0 saturated carbocycles. The summed E-state index contributed by atoms with van der Waals surface area (Å²) in [6.45, 7) is 3.08. The molecule has 6 heteroatoms. The van der Waals surface area contributed by atoms with Crippen molar-refractivity contribution in [1.82, 2.24) is 4.98 Å². The summed E-state index contributed by atoms with van der Waals surface area (Å²) < 4.78 is 0. The number of nitrogens with one attached hydrogen (secondary N) is 1. The van der Waals surface area contributed by atoms with Gasteiger partial charge in [-0.15, -0.1) is 24.8 Å². The van der Waals surface area contributed by atoms with Crippen molar-refractivity contribution in [2.75, 3.05) is 17.6 Å². The first-order valence-corrected chi connectivity index (χ1v) is 6.66. The minimum atomic E-state index is 0. The summed E-state index contributed by atoms with van der Waals surface area (Å²) in [5.41, 5.74) is 10.2. The Morgan fingerprint density at radius 1 is 1.32 bits per heavy atom. The minimum Gasteiger partial charge on any atom is -0.398 e. The van der Waals surface area contributed by atoms with Crippen LogP contribution >= 0.6 is 36.2 Å². The Morgan fingerprint density at radius 3 is 2.79 bits per heavy atom. The number of hydrogen-bond donors (Lipinski definition) is 2. The third-order valence-electron chi connectivity index (χ3n) is 3.10. The Bertz CT molecular complexity index is 546. The van der Waals surface area contributed by atoms with E-state index in [0.717, 1.165) is 34.8 Å². The van der Waals surface area contributed by atoms with Crippen LogP contribution in [-0.2, 0) is 6.42 Å². The van der Waals surface area contributed by atoms with Gasteiger partial charge in [-0.1, -0.05) is 23.5 Å². The average molecular weight is 318 g/mol. The van der Waals surface area contributed by atoms with Crippen LogP contribution in [-0.4, -0.2) is 11.5 Å². The largest absolute Gasteiger partial charge is 0.398 e. The Balaban J connectivity index is 0.000000902. The van der Waals surface area contributed by atoms with Gasteiger partial charge in [-0.3, -0.25) is 0 Å². The van der Waals surface area contributed by atoms with Crippen molar-refractivity contribution in [3.05, 3.63) is 29.5 Å². The molecule has 3 rings (SSSR count). The number of anilines is 2. The summed E-state index contributed by atoms with van der Waals surface area (Å²) in [6.07, 6.45) is 2.26. The van der Waals surface area contributed by atoms with Gasteiger partial charge < -0.3 is 11.1 Å². The normalized spacial score (nSPS) is 12.7. The molecule has 0 aliphatic carbocycles. The van der Waals surface area contributed by atoms with Crippen molar-refractivity contribution in [1.29, 1.82) is 0 Å². The van der Waals surface area contributed by atoms with Crippen LogP contribution < -0.4 is 11.1 Å². The van der Waals surface area contributed by atoms with E-state index in [1.807, 2.05) is 13.0 Å². The van der Waals surface area contributed by atoms with E-state index in [2.05, 4.69) is 17.4 Å². The van der Waals surface area contributed by atoms with E-state index < -0.39 is 0 Å².